The SMILES string of the molecule is CCCC(=O)NCC1CC2(CC2)CN1C(=O)c1cc(F)ccc1CC. The van der Waals surface area contributed by atoms with Crippen LogP contribution >= 0.6 is 0 Å². The Labute approximate surface area is 148 Å². The molecule has 1 aliphatic heterocycles. The van der Waals surface area contributed by atoms with Crippen LogP contribution in [0.3, 0.4) is 0 Å². The molecule has 1 heterocycles. The standard InChI is InChI=1S/C20H27FN2O2/c1-3-5-18(24)22-12-16-11-20(8-9-20)13-23(16)19(25)17-10-15(21)7-6-14(17)4-2/h6-7,10,16H,3-5,8-9,11-13H2,1-2H3,(H,22,24). The van der Waals surface area contributed by atoms with Gasteiger partial charge in [0.2, 0.25) is 5.91 Å². The van der Waals surface area contributed by atoms with Crippen LogP contribution in [0.25, 0.3) is 0 Å². The van der Waals surface area contributed by atoms with Gasteiger partial charge in [-0.1, -0.05) is 19.9 Å². The topological polar surface area (TPSA) is 49.4 Å². The van der Waals surface area contributed by atoms with Crippen molar-refractivity contribution in [3.05, 3.63) is 35.1 Å². The number of halogens is 1. The molecule has 2 amide bonds. The molecule has 1 aromatic carbocycles. The van der Waals surface area contributed by atoms with Gasteiger partial charge in [-0.15, -0.1) is 0 Å². The van der Waals surface area contributed by atoms with E-state index in [1.165, 1.54) is 12.1 Å². The summed E-state index contributed by atoms with van der Waals surface area (Å²) in [6.45, 7) is 5.15. The zero-order valence-corrected chi connectivity index (χ0v) is 15.1. The number of aryl methyl sites for hydroxylation is 1. The van der Waals surface area contributed by atoms with Crippen LogP contribution in [0.15, 0.2) is 18.2 Å². The average Bonchev–Trinajstić information content (AvgIpc) is 3.24. The lowest BCUT2D eigenvalue weighted by Gasteiger charge is -2.26. The van der Waals surface area contributed by atoms with Crippen molar-refractivity contribution in [1.29, 1.82) is 0 Å². The molecule has 3 rings (SSSR count). The molecule has 1 saturated carbocycles. The van der Waals surface area contributed by atoms with E-state index in [0.29, 0.717) is 24.9 Å². The molecule has 1 aromatic rings. The van der Waals surface area contributed by atoms with Crippen LogP contribution in [-0.4, -0.2) is 35.8 Å². The molecule has 0 radical (unpaired) electrons. The zero-order valence-electron chi connectivity index (χ0n) is 15.1. The van der Waals surface area contributed by atoms with Gasteiger partial charge in [-0.2, -0.15) is 0 Å². The van der Waals surface area contributed by atoms with Crippen molar-refractivity contribution >= 4 is 11.8 Å². The Morgan fingerprint density at radius 2 is 2.08 bits per heavy atom. The van der Waals surface area contributed by atoms with Gasteiger partial charge < -0.3 is 10.2 Å². The lowest BCUT2D eigenvalue weighted by Crippen LogP contribution is -2.43. The molecule has 4 nitrogen and oxygen atoms in total. The smallest absolute Gasteiger partial charge is 0.254 e. The van der Waals surface area contributed by atoms with E-state index in [2.05, 4.69) is 5.32 Å². The lowest BCUT2D eigenvalue weighted by molar-refractivity contribution is -0.121. The van der Waals surface area contributed by atoms with Crippen LogP contribution in [0.5, 0.6) is 0 Å². The van der Waals surface area contributed by atoms with E-state index in [0.717, 1.165) is 37.8 Å². The summed E-state index contributed by atoms with van der Waals surface area (Å²) in [5, 5.41) is 2.96. The molecule has 1 aliphatic carbocycles. The first-order chi connectivity index (χ1) is 12.0. The van der Waals surface area contributed by atoms with Gasteiger partial charge in [-0.3, -0.25) is 9.59 Å². The minimum atomic E-state index is -0.381. The molecule has 1 spiro atoms. The summed E-state index contributed by atoms with van der Waals surface area (Å²) in [4.78, 5) is 26.8. The summed E-state index contributed by atoms with van der Waals surface area (Å²) in [5.74, 6) is -0.449. The Bertz CT molecular complexity index is 670. The third kappa shape index (κ3) is 3.86. The number of benzene rings is 1. The van der Waals surface area contributed by atoms with Crippen LogP contribution in [0.2, 0.25) is 0 Å². The highest BCUT2D eigenvalue weighted by atomic mass is 19.1. The van der Waals surface area contributed by atoms with Crippen LogP contribution in [-0.2, 0) is 11.2 Å². The summed E-state index contributed by atoms with van der Waals surface area (Å²) in [5.41, 5.74) is 1.57. The minimum Gasteiger partial charge on any atom is -0.354 e. The molecule has 1 N–H and O–H groups in total. The van der Waals surface area contributed by atoms with E-state index in [-0.39, 0.29) is 29.1 Å². The van der Waals surface area contributed by atoms with Gasteiger partial charge in [0.15, 0.2) is 0 Å². The predicted octanol–water partition coefficient (Wildman–Crippen LogP) is 3.30. The van der Waals surface area contributed by atoms with E-state index in [9.17, 15) is 14.0 Å². The highest BCUT2D eigenvalue weighted by Crippen LogP contribution is 2.54. The molecule has 1 atom stereocenters. The van der Waals surface area contributed by atoms with Crippen molar-refractivity contribution in [3.63, 3.8) is 0 Å². The third-order valence-electron chi connectivity index (χ3n) is 5.53. The van der Waals surface area contributed by atoms with Crippen LogP contribution in [0.1, 0.15) is 61.9 Å². The Balaban J connectivity index is 1.77. The number of carbonyl (C=O) groups excluding carboxylic acids is 2. The predicted molar refractivity (Wildman–Crippen MR) is 94.8 cm³/mol. The Hall–Kier alpha value is -1.91. The van der Waals surface area contributed by atoms with Gasteiger partial charge in [0.05, 0.1) is 0 Å². The van der Waals surface area contributed by atoms with Gasteiger partial charge in [0, 0.05) is 31.1 Å². The first kappa shape index (κ1) is 17.9. The van der Waals surface area contributed by atoms with Crippen molar-refractivity contribution in [3.8, 4) is 0 Å². The first-order valence-corrected chi connectivity index (χ1v) is 9.34. The fourth-order valence-corrected chi connectivity index (χ4v) is 3.88. The molecule has 0 bridgehead atoms. The molecule has 2 aliphatic rings. The number of nitrogens with zero attached hydrogens (tertiary/aromatic N) is 1. The highest BCUT2D eigenvalue weighted by molar-refractivity contribution is 5.96. The van der Waals surface area contributed by atoms with E-state index in [4.69, 9.17) is 0 Å². The maximum Gasteiger partial charge on any atom is 0.254 e. The van der Waals surface area contributed by atoms with Gasteiger partial charge in [-0.25, -0.2) is 4.39 Å². The second-order valence-electron chi connectivity index (χ2n) is 7.50. The van der Waals surface area contributed by atoms with Crippen molar-refractivity contribution in [2.45, 2.75) is 58.4 Å². The average molecular weight is 346 g/mol. The molecule has 2 fully saturated rings. The van der Waals surface area contributed by atoms with Crippen molar-refractivity contribution < 1.29 is 14.0 Å². The summed E-state index contributed by atoms with van der Waals surface area (Å²) in [6, 6.07) is 4.46. The van der Waals surface area contributed by atoms with E-state index in [1.54, 1.807) is 6.07 Å². The van der Waals surface area contributed by atoms with Gasteiger partial charge in [0.25, 0.3) is 5.91 Å². The zero-order chi connectivity index (χ0) is 18.0. The van der Waals surface area contributed by atoms with Crippen LogP contribution < -0.4 is 5.32 Å². The number of nitrogens with one attached hydrogen (secondary N) is 1. The number of likely N-dealkylation sites (tertiary alicyclic amines) is 1. The summed E-state index contributed by atoms with van der Waals surface area (Å²) < 4.78 is 13.7. The number of hydrogen-bond acceptors (Lipinski definition) is 2. The molecule has 136 valence electrons. The van der Waals surface area contributed by atoms with E-state index < -0.39 is 0 Å². The molecule has 25 heavy (non-hydrogen) atoms. The summed E-state index contributed by atoms with van der Waals surface area (Å²) in [7, 11) is 0. The Morgan fingerprint density at radius 1 is 1.32 bits per heavy atom. The second-order valence-corrected chi connectivity index (χ2v) is 7.50. The fourth-order valence-electron chi connectivity index (χ4n) is 3.88. The Kier molecular flexibility index (Phi) is 5.11. The third-order valence-corrected chi connectivity index (χ3v) is 5.53. The van der Waals surface area contributed by atoms with Gasteiger partial charge >= 0.3 is 0 Å². The first-order valence-electron chi connectivity index (χ1n) is 9.34. The van der Waals surface area contributed by atoms with Crippen molar-refractivity contribution in [1.82, 2.24) is 10.2 Å². The van der Waals surface area contributed by atoms with Gasteiger partial charge in [0.1, 0.15) is 5.82 Å². The molecule has 1 unspecified atom stereocenters. The van der Waals surface area contributed by atoms with Gasteiger partial charge in [-0.05, 0) is 55.2 Å². The maximum absolute atomic E-state index is 13.7. The Morgan fingerprint density at radius 3 is 2.72 bits per heavy atom. The van der Waals surface area contributed by atoms with Crippen LogP contribution in [0, 0.1) is 11.2 Å². The number of rotatable bonds is 6. The number of carbonyl (C=O) groups is 2. The molecule has 1 saturated heterocycles. The second kappa shape index (κ2) is 7.14. The monoisotopic (exact) mass is 346 g/mol. The largest absolute Gasteiger partial charge is 0.354 e. The van der Waals surface area contributed by atoms with Crippen LogP contribution in [0.4, 0.5) is 4.39 Å². The van der Waals surface area contributed by atoms with E-state index in [1.807, 2.05) is 18.7 Å². The lowest BCUT2D eigenvalue weighted by atomic mass is 10.0. The maximum atomic E-state index is 13.7. The number of amides is 2. The quantitative estimate of drug-likeness (QED) is 0.859. The van der Waals surface area contributed by atoms with Crippen molar-refractivity contribution in [2.24, 2.45) is 5.41 Å². The molecular weight excluding hydrogens is 319 g/mol. The summed E-state index contributed by atoms with van der Waals surface area (Å²) in [6.07, 6.45) is 5.22. The van der Waals surface area contributed by atoms with E-state index >= 15 is 0 Å². The molecule has 0 aromatic heterocycles. The van der Waals surface area contributed by atoms with Crippen molar-refractivity contribution in [2.75, 3.05) is 13.1 Å². The minimum absolute atomic E-state index is 0.00350. The highest BCUT2D eigenvalue weighted by Gasteiger charge is 2.53. The fraction of sp³-hybridized carbons (Fsp3) is 0.600. The number of hydrogen-bond donors (Lipinski definition) is 1. The molecule has 5 heteroatoms. The normalized spacial score (nSPS) is 20.8. The molecular formula is C20H27FN2O2. The summed E-state index contributed by atoms with van der Waals surface area (Å²) >= 11 is 0.